The van der Waals surface area contributed by atoms with Crippen molar-refractivity contribution >= 4 is 50.3 Å². The van der Waals surface area contributed by atoms with Crippen molar-refractivity contribution < 1.29 is 4.79 Å². The van der Waals surface area contributed by atoms with Crippen LogP contribution < -0.4 is 20.9 Å². The Bertz CT molecular complexity index is 1080. The molecule has 4 rings (SSSR count). The maximum Gasteiger partial charge on any atom is 0.319 e. The first-order valence-corrected chi connectivity index (χ1v) is 11.8. The Morgan fingerprint density at radius 3 is 2.50 bits per heavy atom. The molecule has 0 aliphatic heterocycles. The Balaban J connectivity index is 1.28. The van der Waals surface area contributed by atoms with Gasteiger partial charge in [0.05, 0.1) is 11.2 Å². The highest BCUT2D eigenvalue weighted by Gasteiger charge is 2.23. The third-order valence-corrected chi connectivity index (χ3v) is 6.55. The number of fused-ring (bicyclic) bond motifs is 1. The standard InChI is InChI=1S/C24H29BrN6O/c1-31(2)22-18-7-3-5-9-20(18)28-23(30-22)27-17-13-11-16(12-14-17)15-26-24(32)29-21-10-6-4-8-19(21)25/h3-10,16-17H,11-15H2,1-2H3,(H2,26,29,32)(H,27,28,30). The second-order valence-electron chi connectivity index (χ2n) is 8.46. The number of urea groups is 1. The van der Waals surface area contributed by atoms with Gasteiger partial charge in [-0.05, 0) is 71.8 Å². The lowest BCUT2D eigenvalue weighted by Crippen LogP contribution is -2.36. The molecule has 8 heteroatoms. The number of hydrogen-bond acceptors (Lipinski definition) is 5. The quantitative estimate of drug-likeness (QED) is 0.434. The van der Waals surface area contributed by atoms with Gasteiger partial charge in [0.15, 0.2) is 0 Å². The van der Waals surface area contributed by atoms with Crippen molar-refractivity contribution in [1.29, 1.82) is 0 Å². The fourth-order valence-electron chi connectivity index (χ4n) is 4.12. The van der Waals surface area contributed by atoms with Crippen LogP contribution >= 0.6 is 15.9 Å². The normalized spacial score (nSPS) is 18.2. The van der Waals surface area contributed by atoms with Crippen molar-refractivity contribution in [2.75, 3.05) is 36.2 Å². The van der Waals surface area contributed by atoms with Crippen molar-refractivity contribution in [1.82, 2.24) is 15.3 Å². The molecular formula is C24H29BrN6O. The molecule has 1 aromatic heterocycles. The van der Waals surface area contributed by atoms with Gasteiger partial charge in [-0.2, -0.15) is 4.98 Å². The van der Waals surface area contributed by atoms with E-state index in [9.17, 15) is 4.79 Å². The van der Waals surface area contributed by atoms with Gasteiger partial charge in [0, 0.05) is 36.5 Å². The topological polar surface area (TPSA) is 82.2 Å². The maximum atomic E-state index is 12.2. The third-order valence-electron chi connectivity index (χ3n) is 5.86. The summed E-state index contributed by atoms with van der Waals surface area (Å²) in [7, 11) is 4.01. The van der Waals surface area contributed by atoms with E-state index in [-0.39, 0.29) is 6.03 Å². The highest BCUT2D eigenvalue weighted by molar-refractivity contribution is 9.10. The van der Waals surface area contributed by atoms with Gasteiger partial charge < -0.3 is 20.9 Å². The van der Waals surface area contributed by atoms with E-state index >= 15 is 0 Å². The molecule has 3 aromatic rings. The number of anilines is 3. The molecule has 32 heavy (non-hydrogen) atoms. The molecule has 0 spiro atoms. The third kappa shape index (κ3) is 5.48. The molecule has 0 atom stereocenters. The molecule has 168 valence electrons. The molecule has 1 aliphatic rings. The number of carbonyl (C=O) groups is 1. The van der Waals surface area contributed by atoms with Gasteiger partial charge >= 0.3 is 6.03 Å². The summed E-state index contributed by atoms with van der Waals surface area (Å²) in [6.45, 7) is 0.681. The van der Waals surface area contributed by atoms with Crippen LogP contribution in [0.2, 0.25) is 0 Å². The predicted molar refractivity (Wildman–Crippen MR) is 134 cm³/mol. The lowest BCUT2D eigenvalue weighted by Gasteiger charge is -2.29. The summed E-state index contributed by atoms with van der Waals surface area (Å²) in [4.78, 5) is 23.7. The zero-order chi connectivity index (χ0) is 22.5. The average Bonchev–Trinajstić information content (AvgIpc) is 2.79. The molecule has 1 saturated carbocycles. The summed E-state index contributed by atoms with van der Waals surface area (Å²) in [5.74, 6) is 2.08. The van der Waals surface area contributed by atoms with Crippen molar-refractivity contribution in [2.24, 2.45) is 5.92 Å². The molecule has 0 saturated heterocycles. The molecule has 2 amide bonds. The molecule has 2 aromatic carbocycles. The highest BCUT2D eigenvalue weighted by Crippen LogP contribution is 2.28. The molecule has 0 bridgehead atoms. The molecule has 0 radical (unpaired) electrons. The number of benzene rings is 2. The van der Waals surface area contributed by atoms with Crippen LogP contribution in [0.4, 0.5) is 22.2 Å². The number of nitrogens with zero attached hydrogens (tertiary/aromatic N) is 3. The second kappa shape index (κ2) is 10.2. The Hall–Kier alpha value is -2.87. The lowest BCUT2D eigenvalue weighted by molar-refractivity contribution is 0.246. The number of carbonyl (C=O) groups excluding carboxylic acids is 1. The van der Waals surface area contributed by atoms with Crippen LogP contribution in [0.25, 0.3) is 10.9 Å². The van der Waals surface area contributed by atoms with E-state index in [1.165, 1.54) is 0 Å². The zero-order valence-electron chi connectivity index (χ0n) is 18.4. The predicted octanol–water partition coefficient (Wildman–Crippen LogP) is 5.25. The van der Waals surface area contributed by atoms with Gasteiger partial charge in [0.25, 0.3) is 0 Å². The molecule has 3 N–H and O–H groups in total. The van der Waals surface area contributed by atoms with Crippen LogP contribution in [0.3, 0.4) is 0 Å². The highest BCUT2D eigenvalue weighted by atomic mass is 79.9. The molecule has 1 aliphatic carbocycles. The van der Waals surface area contributed by atoms with Crippen molar-refractivity contribution in [3.8, 4) is 0 Å². The van der Waals surface area contributed by atoms with E-state index < -0.39 is 0 Å². The lowest BCUT2D eigenvalue weighted by atomic mass is 9.86. The van der Waals surface area contributed by atoms with E-state index in [0.717, 1.165) is 52.6 Å². The Morgan fingerprint density at radius 1 is 1.03 bits per heavy atom. The number of hydrogen-bond donors (Lipinski definition) is 3. The number of para-hydroxylation sites is 2. The van der Waals surface area contributed by atoms with Gasteiger partial charge in [-0.15, -0.1) is 0 Å². The zero-order valence-corrected chi connectivity index (χ0v) is 20.0. The van der Waals surface area contributed by atoms with Gasteiger partial charge in [-0.25, -0.2) is 9.78 Å². The Morgan fingerprint density at radius 2 is 1.75 bits per heavy atom. The molecule has 1 fully saturated rings. The fraction of sp³-hybridized carbons (Fsp3) is 0.375. The first kappa shape index (κ1) is 22.3. The summed E-state index contributed by atoms with van der Waals surface area (Å²) in [5, 5.41) is 10.5. The van der Waals surface area contributed by atoms with Crippen LogP contribution in [-0.2, 0) is 0 Å². The summed E-state index contributed by atoms with van der Waals surface area (Å²) in [6, 6.07) is 15.9. The monoisotopic (exact) mass is 496 g/mol. The van der Waals surface area contributed by atoms with Gasteiger partial charge in [-0.1, -0.05) is 24.3 Å². The largest absolute Gasteiger partial charge is 0.362 e. The first-order chi connectivity index (χ1) is 15.5. The number of halogens is 1. The van der Waals surface area contributed by atoms with Crippen molar-refractivity contribution in [2.45, 2.75) is 31.7 Å². The van der Waals surface area contributed by atoms with Crippen LogP contribution in [0.1, 0.15) is 25.7 Å². The summed E-state index contributed by atoms with van der Waals surface area (Å²) in [6.07, 6.45) is 4.18. The van der Waals surface area contributed by atoms with Crippen LogP contribution in [0, 0.1) is 5.92 Å². The van der Waals surface area contributed by atoms with E-state index in [0.29, 0.717) is 24.5 Å². The van der Waals surface area contributed by atoms with E-state index in [1.807, 2.05) is 61.5 Å². The van der Waals surface area contributed by atoms with Crippen LogP contribution in [-0.4, -0.2) is 42.7 Å². The van der Waals surface area contributed by atoms with Crippen LogP contribution in [0.5, 0.6) is 0 Å². The summed E-state index contributed by atoms with van der Waals surface area (Å²) in [5.41, 5.74) is 1.72. The summed E-state index contributed by atoms with van der Waals surface area (Å²) < 4.78 is 0.870. The number of nitrogens with one attached hydrogen (secondary N) is 3. The molecular weight excluding hydrogens is 468 g/mol. The van der Waals surface area contributed by atoms with Gasteiger partial charge in [-0.3, -0.25) is 0 Å². The molecule has 1 heterocycles. The Kier molecular flexibility index (Phi) is 7.09. The average molecular weight is 497 g/mol. The van der Waals surface area contributed by atoms with Crippen molar-refractivity contribution in [3.63, 3.8) is 0 Å². The summed E-state index contributed by atoms with van der Waals surface area (Å²) >= 11 is 3.45. The first-order valence-electron chi connectivity index (χ1n) is 11.0. The van der Waals surface area contributed by atoms with E-state index in [4.69, 9.17) is 9.97 Å². The number of amides is 2. The smallest absolute Gasteiger partial charge is 0.319 e. The van der Waals surface area contributed by atoms with Gasteiger partial charge in [0.1, 0.15) is 5.82 Å². The second-order valence-corrected chi connectivity index (χ2v) is 9.31. The minimum absolute atomic E-state index is 0.169. The fourth-order valence-corrected chi connectivity index (χ4v) is 4.51. The minimum atomic E-state index is -0.169. The minimum Gasteiger partial charge on any atom is -0.362 e. The number of aromatic nitrogens is 2. The molecule has 0 unspecified atom stereocenters. The van der Waals surface area contributed by atoms with E-state index in [1.54, 1.807) is 0 Å². The molecule has 7 nitrogen and oxygen atoms in total. The Labute approximate surface area is 197 Å². The van der Waals surface area contributed by atoms with Gasteiger partial charge in [0.2, 0.25) is 5.95 Å². The van der Waals surface area contributed by atoms with E-state index in [2.05, 4.69) is 37.9 Å². The number of rotatable bonds is 6. The maximum absolute atomic E-state index is 12.2. The van der Waals surface area contributed by atoms with Crippen LogP contribution in [0.15, 0.2) is 53.0 Å². The SMILES string of the molecule is CN(C)c1nc(NC2CCC(CNC(=O)Nc3ccccc3Br)CC2)nc2ccccc12. The van der Waals surface area contributed by atoms with Crippen molar-refractivity contribution in [3.05, 3.63) is 53.0 Å².